The maximum absolute atomic E-state index is 13.9. The first-order valence-electron chi connectivity index (χ1n) is 17.6. The molecule has 57 heavy (non-hydrogen) atoms. The molecule has 0 spiro atoms. The van der Waals surface area contributed by atoms with E-state index in [9.17, 15) is 45.6 Å². The summed E-state index contributed by atoms with van der Waals surface area (Å²) in [5, 5.41) is 10.8. The molecular weight excluding hydrogens is 770 g/mol. The van der Waals surface area contributed by atoms with Crippen LogP contribution in [0.15, 0.2) is 79.0 Å². The number of pyridine rings is 1. The standard InChI is InChI=1S/C38H35F3N8O7S/c1-47(57(2,55)56)30-6-4-3-5-22(30)17-42-29-16-32(43-18-28(29)38(39,40)41)44-23-9-7-21(8-10-23)34(51)45-24-19-48(20-24)25-11-12-26-27(15-25)37(54)49(36(26)53)31-13-14-33(50)46-35(31)52/h3-12,15-16,18,24,31H,13-14,17,19-20H2,1-2H3,(H,45,51)(H2,42,43,44)(H,46,50,52). The number of rotatable bonds is 11. The number of anilines is 5. The minimum atomic E-state index is -4.73. The Morgan fingerprint density at radius 2 is 1.67 bits per heavy atom. The van der Waals surface area contributed by atoms with Crippen molar-refractivity contribution in [3.8, 4) is 0 Å². The van der Waals surface area contributed by atoms with Crippen molar-refractivity contribution in [2.45, 2.75) is 37.6 Å². The zero-order chi connectivity index (χ0) is 40.8. The van der Waals surface area contributed by atoms with Crippen molar-refractivity contribution in [1.82, 2.24) is 20.5 Å². The molecule has 15 nitrogen and oxygen atoms in total. The highest BCUT2D eigenvalue weighted by Gasteiger charge is 2.45. The molecule has 296 valence electrons. The van der Waals surface area contributed by atoms with Crippen LogP contribution in [0, 0.1) is 0 Å². The van der Waals surface area contributed by atoms with Crippen LogP contribution in [0.4, 0.5) is 41.7 Å². The van der Waals surface area contributed by atoms with Gasteiger partial charge in [-0.3, -0.25) is 38.5 Å². The zero-order valence-electron chi connectivity index (χ0n) is 30.4. The van der Waals surface area contributed by atoms with Gasteiger partial charge >= 0.3 is 6.18 Å². The Morgan fingerprint density at radius 1 is 0.965 bits per heavy atom. The summed E-state index contributed by atoms with van der Waals surface area (Å²) in [6, 6.07) is 17.4. The number of nitrogens with zero attached hydrogens (tertiary/aromatic N) is 4. The van der Waals surface area contributed by atoms with Gasteiger partial charge in [0.2, 0.25) is 21.8 Å². The van der Waals surface area contributed by atoms with Crippen LogP contribution >= 0.6 is 0 Å². The number of hydrogen-bond acceptors (Lipinski definition) is 11. The largest absolute Gasteiger partial charge is 0.419 e. The minimum Gasteiger partial charge on any atom is -0.380 e. The van der Waals surface area contributed by atoms with E-state index in [0.717, 1.165) is 15.5 Å². The second-order valence-corrected chi connectivity index (χ2v) is 15.8. The van der Waals surface area contributed by atoms with E-state index >= 15 is 0 Å². The summed E-state index contributed by atoms with van der Waals surface area (Å²) < 4.78 is 67.1. The van der Waals surface area contributed by atoms with E-state index < -0.39 is 51.4 Å². The van der Waals surface area contributed by atoms with Gasteiger partial charge in [0.1, 0.15) is 11.9 Å². The molecule has 0 saturated carbocycles. The molecule has 2 fully saturated rings. The highest BCUT2D eigenvalue weighted by atomic mass is 32.2. The van der Waals surface area contributed by atoms with Crippen molar-refractivity contribution in [1.29, 1.82) is 0 Å². The third kappa shape index (κ3) is 7.95. The summed E-state index contributed by atoms with van der Waals surface area (Å²) in [6.45, 7) is 0.711. The van der Waals surface area contributed by atoms with Gasteiger partial charge in [-0.2, -0.15) is 13.2 Å². The Bertz CT molecular complexity index is 2420. The second-order valence-electron chi connectivity index (χ2n) is 13.8. The smallest absolute Gasteiger partial charge is 0.380 e. The van der Waals surface area contributed by atoms with E-state index in [-0.39, 0.29) is 54.0 Å². The summed E-state index contributed by atoms with van der Waals surface area (Å²) in [7, 11) is -2.27. The van der Waals surface area contributed by atoms with Crippen molar-refractivity contribution in [3.63, 3.8) is 0 Å². The SMILES string of the molecule is CN(c1ccccc1CNc1cc(Nc2ccc(C(=O)NC3CN(c4ccc5c(c4)C(=O)N(C4CCC(=O)NC4=O)C5=O)C3)cc2)ncc1C(F)(F)F)S(C)(=O)=O. The van der Waals surface area contributed by atoms with Gasteiger partial charge in [-0.1, -0.05) is 18.2 Å². The molecule has 3 aromatic carbocycles. The van der Waals surface area contributed by atoms with Crippen LogP contribution < -0.4 is 30.5 Å². The Balaban J connectivity index is 0.955. The van der Waals surface area contributed by atoms with Crippen LogP contribution in [0.1, 0.15) is 55.0 Å². The number of halogens is 3. The van der Waals surface area contributed by atoms with Gasteiger partial charge in [-0.05, 0) is 60.5 Å². The number of amides is 5. The molecule has 1 unspecified atom stereocenters. The van der Waals surface area contributed by atoms with Crippen LogP contribution in [0.25, 0.3) is 0 Å². The number of fused-ring (bicyclic) bond motifs is 1. The molecule has 19 heteroatoms. The van der Waals surface area contributed by atoms with E-state index in [1.54, 1.807) is 60.7 Å². The molecule has 2 saturated heterocycles. The molecule has 3 aliphatic heterocycles. The summed E-state index contributed by atoms with van der Waals surface area (Å²) in [5.74, 6) is -2.63. The first-order valence-corrected chi connectivity index (χ1v) is 19.4. The summed E-state index contributed by atoms with van der Waals surface area (Å²) in [5.41, 5.74) is 1.21. The Hall–Kier alpha value is -6.50. The average molecular weight is 805 g/mol. The van der Waals surface area contributed by atoms with Crippen molar-refractivity contribution in [3.05, 3.63) is 107 Å². The number of carbonyl (C=O) groups excluding carboxylic acids is 5. The van der Waals surface area contributed by atoms with E-state index in [4.69, 9.17) is 0 Å². The van der Waals surface area contributed by atoms with Crippen molar-refractivity contribution in [2.24, 2.45) is 0 Å². The normalized spacial score (nSPS) is 17.2. The second kappa shape index (κ2) is 14.9. The van der Waals surface area contributed by atoms with E-state index in [2.05, 4.69) is 26.3 Å². The Labute approximate surface area is 324 Å². The van der Waals surface area contributed by atoms with Gasteiger partial charge in [0.25, 0.3) is 17.7 Å². The number of imide groups is 2. The molecular formula is C38H35F3N8O7S. The van der Waals surface area contributed by atoms with Crippen LogP contribution in [0.3, 0.4) is 0 Å². The van der Waals surface area contributed by atoms with E-state index in [0.29, 0.717) is 47.5 Å². The summed E-state index contributed by atoms with van der Waals surface area (Å²) >= 11 is 0. The monoisotopic (exact) mass is 804 g/mol. The number of carbonyl (C=O) groups is 5. The molecule has 1 atom stereocenters. The van der Waals surface area contributed by atoms with Crippen molar-refractivity contribution in [2.75, 3.05) is 46.2 Å². The fourth-order valence-corrected chi connectivity index (χ4v) is 7.33. The predicted molar refractivity (Wildman–Crippen MR) is 203 cm³/mol. The molecule has 0 aliphatic carbocycles. The quantitative estimate of drug-likeness (QED) is 0.161. The van der Waals surface area contributed by atoms with Gasteiger partial charge in [0, 0.05) is 62.3 Å². The summed E-state index contributed by atoms with van der Waals surface area (Å²) in [6.07, 6.45) is -2.94. The van der Waals surface area contributed by atoms with Gasteiger partial charge in [-0.25, -0.2) is 13.4 Å². The minimum absolute atomic E-state index is 0.0188. The third-order valence-corrected chi connectivity index (χ3v) is 11.1. The van der Waals surface area contributed by atoms with Crippen LogP contribution in [0.5, 0.6) is 0 Å². The number of benzene rings is 3. The Morgan fingerprint density at radius 3 is 2.35 bits per heavy atom. The molecule has 4 heterocycles. The molecule has 7 rings (SSSR count). The molecule has 0 bridgehead atoms. The van der Waals surface area contributed by atoms with E-state index in [1.165, 1.54) is 19.2 Å². The maximum atomic E-state index is 13.9. The Kier molecular flexibility index (Phi) is 10.1. The molecule has 4 N–H and O–H groups in total. The topological polar surface area (TPSA) is 190 Å². The molecule has 5 amide bonds. The third-order valence-electron chi connectivity index (χ3n) is 9.93. The van der Waals surface area contributed by atoms with Gasteiger partial charge in [0.05, 0.1) is 40.4 Å². The van der Waals surface area contributed by atoms with Gasteiger partial charge in [-0.15, -0.1) is 0 Å². The lowest BCUT2D eigenvalue weighted by molar-refractivity contribution is -0.137. The molecule has 0 radical (unpaired) electrons. The highest BCUT2D eigenvalue weighted by molar-refractivity contribution is 7.92. The van der Waals surface area contributed by atoms with Gasteiger partial charge < -0.3 is 20.9 Å². The van der Waals surface area contributed by atoms with Crippen molar-refractivity contribution < 1.29 is 45.6 Å². The lowest BCUT2D eigenvalue weighted by Crippen LogP contribution is -2.59. The number of hydrogen-bond donors (Lipinski definition) is 4. The lowest BCUT2D eigenvalue weighted by atomic mass is 10.0. The fourth-order valence-electron chi connectivity index (χ4n) is 6.79. The number of para-hydroxylation sites is 1. The van der Waals surface area contributed by atoms with Crippen LogP contribution in [0.2, 0.25) is 0 Å². The highest BCUT2D eigenvalue weighted by Crippen LogP contribution is 2.37. The molecule has 4 aromatic rings. The van der Waals surface area contributed by atoms with E-state index in [1.807, 2.05) is 4.90 Å². The molecule has 3 aliphatic rings. The maximum Gasteiger partial charge on any atom is 0.419 e. The van der Waals surface area contributed by atoms with Crippen molar-refractivity contribution >= 4 is 68.1 Å². The number of nitrogens with one attached hydrogen (secondary N) is 4. The van der Waals surface area contributed by atoms with Gasteiger partial charge in [0.15, 0.2) is 0 Å². The fraction of sp³-hybridized carbons (Fsp3) is 0.263. The predicted octanol–water partition coefficient (Wildman–Crippen LogP) is 3.87. The number of alkyl halides is 3. The molecule has 1 aromatic heterocycles. The van der Waals surface area contributed by atoms with Crippen LogP contribution in [-0.2, 0) is 32.3 Å². The average Bonchev–Trinajstić information content (AvgIpc) is 3.39. The first kappa shape index (κ1) is 38.8. The zero-order valence-corrected chi connectivity index (χ0v) is 31.2. The number of piperidine rings is 1. The summed E-state index contributed by atoms with van der Waals surface area (Å²) in [4.78, 5) is 69.9. The lowest BCUT2D eigenvalue weighted by Gasteiger charge is -2.41. The first-order chi connectivity index (χ1) is 27.0. The number of sulfonamides is 1. The number of aromatic nitrogens is 1. The van der Waals surface area contributed by atoms with Crippen LogP contribution in [-0.4, -0.2) is 86.3 Å².